The van der Waals surface area contributed by atoms with Gasteiger partial charge in [0.25, 0.3) is 5.91 Å². The zero-order chi connectivity index (χ0) is 25.1. The Hall–Kier alpha value is -3.64. The number of ketones is 1. The molecule has 0 saturated carbocycles. The van der Waals surface area contributed by atoms with Crippen molar-refractivity contribution in [3.8, 4) is 0 Å². The Kier molecular flexibility index (Phi) is 5.44. The summed E-state index contributed by atoms with van der Waals surface area (Å²) in [5, 5.41) is 17.5. The molecule has 0 unspecified atom stereocenters. The van der Waals surface area contributed by atoms with Crippen LogP contribution in [0.1, 0.15) is 39.2 Å². The van der Waals surface area contributed by atoms with Gasteiger partial charge in [0.2, 0.25) is 5.78 Å². The third kappa shape index (κ3) is 3.43. The second kappa shape index (κ2) is 8.24. The average molecular weight is 488 g/mol. The van der Waals surface area contributed by atoms with Crippen molar-refractivity contribution in [3.63, 3.8) is 0 Å². The van der Waals surface area contributed by atoms with E-state index in [2.05, 4.69) is 18.9 Å². The van der Waals surface area contributed by atoms with Crippen molar-refractivity contribution in [1.82, 2.24) is 0 Å². The fraction of sp³-hybridized carbons (Fsp3) is 0.250. The third-order valence-corrected chi connectivity index (χ3v) is 7.13. The van der Waals surface area contributed by atoms with Crippen molar-refractivity contribution in [2.24, 2.45) is 5.10 Å². The normalized spacial score (nSPS) is 22.2. The van der Waals surface area contributed by atoms with E-state index in [-0.39, 0.29) is 28.3 Å². The second-order valence-corrected chi connectivity index (χ2v) is 9.90. The molecule has 1 N–H and O–H groups in total. The zero-order valence-corrected chi connectivity index (χ0v) is 20.8. The molecule has 0 radical (unpaired) electrons. The van der Waals surface area contributed by atoms with Gasteiger partial charge in [0.05, 0.1) is 28.1 Å². The summed E-state index contributed by atoms with van der Waals surface area (Å²) in [7, 11) is 1.93. The molecule has 1 aliphatic carbocycles. The number of halogens is 1. The molecule has 3 aliphatic rings. The molecular formula is C28H26ClN3O3. The van der Waals surface area contributed by atoms with E-state index >= 15 is 0 Å². The van der Waals surface area contributed by atoms with Gasteiger partial charge in [-0.1, -0.05) is 57.0 Å². The van der Waals surface area contributed by atoms with Crippen molar-refractivity contribution in [3.05, 3.63) is 93.4 Å². The molecule has 0 bridgehead atoms. The number of amides is 1. The molecule has 35 heavy (non-hydrogen) atoms. The van der Waals surface area contributed by atoms with Crippen LogP contribution in [-0.4, -0.2) is 29.6 Å². The molecule has 7 heteroatoms. The molecule has 178 valence electrons. The molecule has 0 spiro atoms. The minimum Gasteiger partial charge on any atom is -0.506 e. The van der Waals surface area contributed by atoms with E-state index in [0.717, 1.165) is 23.4 Å². The summed E-state index contributed by atoms with van der Waals surface area (Å²) in [5.41, 5.74) is 4.05. The number of likely N-dealkylation sites (N-methyl/N-ethyl adjacent to an activating group) is 1. The van der Waals surface area contributed by atoms with Crippen LogP contribution in [-0.2, 0) is 15.0 Å². The number of rotatable bonds is 4. The van der Waals surface area contributed by atoms with E-state index < -0.39 is 11.3 Å². The van der Waals surface area contributed by atoms with Crippen molar-refractivity contribution >= 4 is 40.4 Å². The topological polar surface area (TPSA) is 73.2 Å². The Morgan fingerprint density at radius 3 is 2.46 bits per heavy atom. The second-order valence-electron chi connectivity index (χ2n) is 9.47. The van der Waals surface area contributed by atoms with Crippen LogP contribution in [0.15, 0.2) is 87.9 Å². The van der Waals surface area contributed by atoms with Crippen LogP contribution in [0.2, 0.25) is 5.02 Å². The Bertz CT molecular complexity index is 1400. The monoisotopic (exact) mass is 487 g/mol. The first-order chi connectivity index (χ1) is 16.7. The number of aliphatic hydroxyl groups is 1. The first-order valence-corrected chi connectivity index (χ1v) is 12.0. The summed E-state index contributed by atoms with van der Waals surface area (Å²) in [6.07, 6.45) is 3.00. The molecule has 0 saturated heterocycles. The lowest BCUT2D eigenvalue weighted by Gasteiger charge is -2.27. The number of fused-ring (bicyclic) bond motifs is 1. The average Bonchev–Trinajstić information content (AvgIpc) is 3.24. The van der Waals surface area contributed by atoms with Gasteiger partial charge < -0.3 is 10.0 Å². The molecule has 0 atom stereocenters. The summed E-state index contributed by atoms with van der Waals surface area (Å²) in [6, 6.07) is 14.8. The third-order valence-electron chi connectivity index (χ3n) is 6.89. The molecule has 2 aliphatic heterocycles. The van der Waals surface area contributed by atoms with E-state index in [4.69, 9.17) is 11.6 Å². The van der Waals surface area contributed by atoms with Crippen LogP contribution in [0.4, 0.5) is 11.4 Å². The maximum atomic E-state index is 13.3. The molecule has 0 fully saturated rings. The fourth-order valence-corrected chi connectivity index (χ4v) is 5.21. The number of hydrogen-bond acceptors (Lipinski definition) is 5. The molecule has 2 heterocycles. The molecule has 2 aromatic rings. The molecule has 0 aromatic heterocycles. The van der Waals surface area contributed by atoms with E-state index in [1.165, 1.54) is 5.01 Å². The van der Waals surface area contributed by atoms with Crippen LogP contribution in [0.3, 0.4) is 0 Å². The summed E-state index contributed by atoms with van der Waals surface area (Å²) >= 11 is 6.24. The number of allylic oxidation sites excluding steroid dienone is 4. The number of hydrazone groups is 1. The first-order valence-electron chi connectivity index (χ1n) is 11.6. The van der Waals surface area contributed by atoms with Crippen LogP contribution in [0.25, 0.3) is 0 Å². The molecule has 1 amide bonds. The Morgan fingerprint density at radius 1 is 1.09 bits per heavy atom. The summed E-state index contributed by atoms with van der Waals surface area (Å²) in [5.74, 6) is -0.917. The van der Waals surface area contributed by atoms with Gasteiger partial charge in [-0.2, -0.15) is 10.1 Å². The van der Waals surface area contributed by atoms with Gasteiger partial charge in [0, 0.05) is 28.9 Å². The summed E-state index contributed by atoms with van der Waals surface area (Å²) < 4.78 is 0. The summed E-state index contributed by atoms with van der Waals surface area (Å²) in [6.45, 7) is 6.10. The Labute approximate surface area is 209 Å². The quantitative estimate of drug-likeness (QED) is 0.549. The largest absolute Gasteiger partial charge is 0.506 e. The fourth-order valence-electron chi connectivity index (χ4n) is 5.04. The lowest BCUT2D eigenvalue weighted by Crippen LogP contribution is -2.31. The van der Waals surface area contributed by atoms with Crippen LogP contribution in [0, 0.1) is 0 Å². The molecular weight excluding hydrogens is 462 g/mol. The van der Waals surface area contributed by atoms with Crippen LogP contribution < -0.4 is 9.91 Å². The van der Waals surface area contributed by atoms with Gasteiger partial charge in [0.1, 0.15) is 5.76 Å². The van der Waals surface area contributed by atoms with E-state index in [1.54, 1.807) is 18.2 Å². The number of para-hydroxylation sites is 1. The molecule has 2 aromatic carbocycles. The van der Waals surface area contributed by atoms with Gasteiger partial charge in [-0.05, 0) is 48.4 Å². The smallest absolute Gasteiger partial charge is 0.281 e. The summed E-state index contributed by atoms with van der Waals surface area (Å²) in [4.78, 5) is 28.7. The minimum atomic E-state index is -0.423. The molecule has 6 nitrogen and oxygen atoms in total. The maximum Gasteiger partial charge on any atom is 0.281 e. The van der Waals surface area contributed by atoms with Gasteiger partial charge in [-0.25, -0.2) is 0 Å². The number of Topliss-reactive ketones (excluding diaryl/α,β-unsaturated/α-hetero) is 1. The minimum absolute atomic E-state index is 0.0477. The number of aliphatic hydroxyl groups excluding tert-OH is 1. The first kappa shape index (κ1) is 23.1. The number of carbonyl (C=O) groups excluding carboxylic acids is 2. The number of hydrogen-bond donors (Lipinski definition) is 1. The van der Waals surface area contributed by atoms with Crippen molar-refractivity contribution in [2.75, 3.05) is 17.0 Å². The number of nitrogens with zero attached hydrogens (tertiary/aromatic N) is 3. The Balaban J connectivity index is 1.57. The highest BCUT2D eigenvalue weighted by Crippen LogP contribution is 2.49. The zero-order valence-electron chi connectivity index (χ0n) is 20.1. The standard InChI is InChI=1S/C28H26ClN3O3/c1-5-9-20-23(27(35)32(30-20)17-10-7-6-8-11-17)24-25(33)18(26(24)34)15-22-28(2,3)19-14-16(29)12-13-21(19)31(22)4/h6-8,10-15,33H,5,9H2,1-4H3/b22-15-,24-23+. The highest BCUT2D eigenvalue weighted by atomic mass is 35.5. The van der Waals surface area contributed by atoms with Gasteiger partial charge in [-0.3, -0.25) is 9.59 Å². The number of benzene rings is 2. The predicted octanol–water partition coefficient (Wildman–Crippen LogP) is 5.85. The van der Waals surface area contributed by atoms with Gasteiger partial charge >= 0.3 is 0 Å². The number of carbonyl (C=O) groups is 2. The number of anilines is 2. The lowest BCUT2D eigenvalue weighted by atomic mass is 9.78. The van der Waals surface area contributed by atoms with Crippen molar-refractivity contribution in [2.45, 2.75) is 39.0 Å². The van der Waals surface area contributed by atoms with E-state index in [1.807, 2.05) is 55.3 Å². The lowest BCUT2D eigenvalue weighted by molar-refractivity contribution is -0.116. The Morgan fingerprint density at radius 2 is 1.80 bits per heavy atom. The maximum absolute atomic E-state index is 13.3. The highest BCUT2D eigenvalue weighted by Gasteiger charge is 2.45. The molecule has 5 rings (SSSR count). The van der Waals surface area contributed by atoms with Crippen LogP contribution >= 0.6 is 11.6 Å². The van der Waals surface area contributed by atoms with E-state index in [0.29, 0.717) is 22.8 Å². The SMILES string of the molecule is CCCC1=NN(c2ccccc2)C(=O)/C1=C1/C(=O)C(/C=C2\N(C)c3ccc(Cl)cc3C2(C)C)=C1O. The van der Waals surface area contributed by atoms with Crippen LogP contribution in [0.5, 0.6) is 0 Å². The van der Waals surface area contributed by atoms with Crippen molar-refractivity contribution in [1.29, 1.82) is 0 Å². The highest BCUT2D eigenvalue weighted by molar-refractivity contribution is 6.37. The van der Waals surface area contributed by atoms with Gasteiger partial charge in [-0.15, -0.1) is 0 Å². The van der Waals surface area contributed by atoms with Crippen molar-refractivity contribution < 1.29 is 14.7 Å². The van der Waals surface area contributed by atoms with Gasteiger partial charge in [0.15, 0.2) is 0 Å². The van der Waals surface area contributed by atoms with E-state index in [9.17, 15) is 14.7 Å². The predicted molar refractivity (Wildman–Crippen MR) is 139 cm³/mol.